The maximum Gasteiger partial charge on any atom is 0.401 e. The smallest absolute Gasteiger partial charge is 0.316 e. The minimum atomic E-state index is -4.11. The van der Waals surface area contributed by atoms with Crippen LogP contribution in [0, 0.1) is 5.41 Å². The van der Waals surface area contributed by atoms with E-state index in [1.165, 1.54) is 4.90 Å². The lowest BCUT2D eigenvalue weighted by molar-refractivity contribution is -0.148. The fraction of sp³-hybridized carbons (Fsp3) is 1.00. The Kier molecular flexibility index (Phi) is 7.87. The molecule has 0 radical (unpaired) electrons. The van der Waals surface area contributed by atoms with E-state index < -0.39 is 12.7 Å². The molecule has 0 aromatic carbocycles. The number of halogens is 3. The molecule has 0 spiro atoms. The van der Waals surface area contributed by atoms with E-state index in [4.69, 9.17) is 0 Å². The third kappa shape index (κ3) is 7.93. The van der Waals surface area contributed by atoms with Crippen LogP contribution in [0.5, 0.6) is 0 Å². The zero-order valence-corrected chi connectivity index (χ0v) is 12.0. The average molecular weight is 268 g/mol. The van der Waals surface area contributed by atoms with E-state index in [9.17, 15) is 13.2 Å². The number of nitrogens with one attached hydrogen (secondary N) is 1. The summed E-state index contributed by atoms with van der Waals surface area (Å²) < 4.78 is 37.3. The van der Waals surface area contributed by atoms with Crippen LogP contribution in [0.1, 0.15) is 40.5 Å². The van der Waals surface area contributed by atoms with E-state index in [2.05, 4.69) is 19.2 Å². The van der Waals surface area contributed by atoms with Gasteiger partial charge >= 0.3 is 6.18 Å². The molecule has 18 heavy (non-hydrogen) atoms. The lowest BCUT2D eigenvalue weighted by Gasteiger charge is -2.35. The van der Waals surface area contributed by atoms with Crippen LogP contribution in [0.3, 0.4) is 0 Å². The molecule has 0 heterocycles. The second kappa shape index (κ2) is 8.00. The summed E-state index contributed by atoms with van der Waals surface area (Å²) in [5, 5.41) is 3.31. The highest BCUT2D eigenvalue weighted by Gasteiger charge is 2.33. The van der Waals surface area contributed by atoms with Crippen LogP contribution in [0.4, 0.5) is 13.2 Å². The SMILES string of the molecule is CCCNCC(C)(CC)CN(CC)CC(F)(F)F. The molecule has 0 saturated heterocycles. The first-order chi connectivity index (χ1) is 8.26. The first-order valence-corrected chi connectivity index (χ1v) is 6.76. The fourth-order valence-electron chi connectivity index (χ4n) is 1.93. The lowest BCUT2D eigenvalue weighted by atomic mass is 9.86. The average Bonchev–Trinajstić information content (AvgIpc) is 2.27. The summed E-state index contributed by atoms with van der Waals surface area (Å²) in [4.78, 5) is 1.48. The van der Waals surface area contributed by atoms with Crippen LogP contribution in [-0.4, -0.2) is 43.8 Å². The molecular formula is C13H27F3N2. The van der Waals surface area contributed by atoms with Gasteiger partial charge in [0.25, 0.3) is 0 Å². The quantitative estimate of drug-likeness (QED) is 0.646. The largest absolute Gasteiger partial charge is 0.401 e. The molecule has 1 N–H and O–H groups in total. The molecule has 1 unspecified atom stereocenters. The van der Waals surface area contributed by atoms with Gasteiger partial charge in [0, 0.05) is 13.1 Å². The summed E-state index contributed by atoms with van der Waals surface area (Å²) in [6.07, 6.45) is -2.20. The van der Waals surface area contributed by atoms with Gasteiger partial charge in [-0.2, -0.15) is 13.2 Å². The van der Waals surface area contributed by atoms with Gasteiger partial charge in [0.2, 0.25) is 0 Å². The fourth-order valence-corrected chi connectivity index (χ4v) is 1.93. The van der Waals surface area contributed by atoms with E-state index in [1.54, 1.807) is 6.92 Å². The second-order valence-electron chi connectivity index (χ2n) is 5.26. The van der Waals surface area contributed by atoms with Crippen molar-refractivity contribution >= 4 is 0 Å². The van der Waals surface area contributed by atoms with Crippen LogP contribution in [0.15, 0.2) is 0 Å². The van der Waals surface area contributed by atoms with Crippen molar-refractivity contribution < 1.29 is 13.2 Å². The summed E-state index contributed by atoms with van der Waals surface area (Å²) in [5.41, 5.74) is -0.101. The molecule has 1 atom stereocenters. The van der Waals surface area contributed by atoms with Gasteiger partial charge < -0.3 is 5.32 Å². The first kappa shape index (κ1) is 17.7. The molecule has 0 saturated carbocycles. The van der Waals surface area contributed by atoms with Crippen molar-refractivity contribution in [1.29, 1.82) is 0 Å². The van der Waals surface area contributed by atoms with Crippen molar-refractivity contribution in [2.45, 2.75) is 46.7 Å². The van der Waals surface area contributed by atoms with Gasteiger partial charge in [0.05, 0.1) is 6.54 Å². The number of rotatable bonds is 9. The molecule has 0 aromatic heterocycles. The number of alkyl halides is 3. The van der Waals surface area contributed by atoms with Crippen molar-refractivity contribution in [1.82, 2.24) is 10.2 Å². The van der Waals surface area contributed by atoms with E-state index in [0.717, 1.165) is 25.9 Å². The molecular weight excluding hydrogens is 241 g/mol. The molecule has 0 aliphatic carbocycles. The van der Waals surface area contributed by atoms with Crippen molar-refractivity contribution in [3.05, 3.63) is 0 Å². The minimum Gasteiger partial charge on any atom is -0.316 e. The van der Waals surface area contributed by atoms with Gasteiger partial charge in [0.15, 0.2) is 0 Å². The maximum atomic E-state index is 12.4. The second-order valence-corrected chi connectivity index (χ2v) is 5.26. The normalized spacial score (nSPS) is 16.0. The molecule has 0 amide bonds. The molecule has 0 aromatic rings. The van der Waals surface area contributed by atoms with Gasteiger partial charge in [-0.15, -0.1) is 0 Å². The van der Waals surface area contributed by atoms with Crippen LogP contribution >= 0.6 is 0 Å². The molecule has 0 rings (SSSR count). The Labute approximate surface area is 109 Å². The molecule has 2 nitrogen and oxygen atoms in total. The zero-order chi connectivity index (χ0) is 14.2. The van der Waals surface area contributed by atoms with Crippen LogP contribution in [0.2, 0.25) is 0 Å². The van der Waals surface area contributed by atoms with E-state index in [-0.39, 0.29) is 5.41 Å². The van der Waals surface area contributed by atoms with Gasteiger partial charge in [-0.05, 0) is 31.3 Å². The van der Waals surface area contributed by atoms with Crippen molar-refractivity contribution in [2.75, 3.05) is 32.7 Å². The summed E-state index contributed by atoms with van der Waals surface area (Å²) in [5.74, 6) is 0. The van der Waals surface area contributed by atoms with Gasteiger partial charge in [-0.25, -0.2) is 0 Å². The third-order valence-electron chi connectivity index (χ3n) is 3.29. The predicted molar refractivity (Wildman–Crippen MR) is 69.7 cm³/mol. The molecule has 5 heteroatoms. The molecule has 110 valence electrons. The topological polar surface area (TPSA) is 15.3 Å². The Morgan fingerprint density at radius 2 is 1.67 bits per heavy atom. The standard InChI is InChI=1S/C13H27F3N2/c1-5-8-17-9-12(4,6-2)10-18(7-3)11-13(14,15)16/h17H,5-11H2,1-4H3. The Balaban J connectivity index is 4.36. The van der Waals surface area contributed by atoms with Crippen LogP contribution < -0.4 is 5.32 Å². The molecule has 0 bridgehead atoms. The highest BCUT2D eigenvalue weighted by Crippen LogP contribution is 2.24. The molecule has 0 fully saturated rings. The monoisotopic (exact) mass is 268 g/mol. The van der Waals surface area contributed by atoms with Crippen LogP contribution in [-0.2, 0) is 0 Å². The summed E-state index contributed by atoms with van der Waals surface area (Å²) >= 11 is 0. The Bertz CT molecular complexity index is 219. The van der Waals surface area contributed by atoms with Crippen molar-refractivity contribution in [3.63, 3.8) is 0 Å². The lowest BCUT2D eigenvalue weighted by Crippen LogP contribution is -2.45. The van der Waals surface area contributed by atoms with Gasteiger partial charge in [-0.3, -0.25) is 4.90 Å². The Morgan fingerprint density at radius 1 is 1.06 bits per heavy atom. The van der Waals surface area contributed by atoms with Gasteiger partial charge in [0.1, 0.15) is 0 Å². The summed E-state index contributed by atoms with van der Waals surface area (Å²) in [6.45, 7) is 9.74. The maximum absolute atomic E-state index is 12.4. The highest BCUT2D eigenvalue weighted by molar-refractivity contribution is 4.80. The number of hydrogen-bond acceptors (Lipinski definition) is 2. The molecule has 0 aliphatic heterocycles. The summed E-state index contributed by atoms with van der Waals surface area (Å²) in [6, 6.07) is 0. The predicted octanol–water partition coefficient (Wildman–Crippen LogP) is 3.29. The number of hydrogen-bond donors (Lipinski definition) is 1. The van der Waals surface area contributed by atoms with E-state index in [0.29, 0.717) is 13.1 Å². The van der Waals surface area contributed by atoms with Crippen molar-refractivity contribution in [2.24, 2.45) is 5.41 Å². The first-order valence-electron chi connectivity index (χ1n) is 6.76. The highest BCUT2D eigenvalue weighted by atomic mass is 19.4. The van der Waals surface area contributed by atoms with Gasteiger partial charge in [-0.1, -0.05) is 27.7 Å². The van der Waals surface area contributed by atoms with Crippen molar-refractivity contribution in [3.8, 4) is 0 Å². The minimum absolute atomic E-state index is 0.101. The number of nitrogens with zero attached hydrogens (tertiary/aromatic N) is 1. The Hall–Kier alpha value is -0.290. The zero-order valence-electron chi connectivity index (χ0n) is 12.0. The van der Waals surface area contributed by atoms with E-state index >= 15 is 0 Å². The van der Waals surface area contributed by atoms with E-state index in [1.807, 2.05) is 6.92 Å². The molecule has 0 aliphatic rings. The Morgan fingerprint density at radius 3 is 2.06 bits per heavy atom. The van der Waals surface area contributed by atoms with Crippen LogP contribution in [0.25, 0.3) is 0 Å². The third-order valence-corrected chi connectivity index (χ3v) is 3.29. The summed E-state index contributed by atoms with van der Waals surface area (Å²) in [7, 11) is 0.